The van der Waals surface area contributed by atoms with Gasteiger partial charge in [-0.05, 0) is 38.5 Å². The Kier molecular flexibility index (Phi) is 34.3. The van der Waals surface area contributed by atoms with E-state index in [9.17, 15) is 14.3 Å². The van der Waals surface area contributed by atoms with E-state index in [1.54, 1.807) is 0 Å². The van der Waals surface area contributed by atoms with Crippen LogP contribution in [0.5, 0.6) is 0 Å². The van der Waals surface area contributed by atoms with E-state index in [0.717, 1.165) is 51.4 Å². The maximum absolute atomic E-state index is 12.6. The summed E-state index contributed by atoms with van der Waals surface area (Å²) >= 11 is 0. The molecule has 296 valence electrons. The lowest BCUT2D eigenvalue weighted by Crippen LogP contribution is -2.37. The van der Waals surface area contributed by atoms with Crippen LogP contribution in [-0.4, -0.2) is 70.7 Å². The van der Waals surface area contributed by atoms with Crippen molar-refractivity contribution in [2.75, 3.05) is 54.1 Å². The molecule has 0 N–H and O–H groups in total. The molecule has 50 heavy (non-hydrogen) atoms. The third-order valence-corrected chi connectivity index (χ3v) is 9.72. The van der Waals surface area contributed by atoms with Gasteiger partial charge in [0.1, 0.15) is 19.3 Å². The molecule has 0 aromatic carbocycles. The van der Waals surface area contributed by atoms with Gasteiger partial charge in [0, 0.05) is 13.0 Å². The highest BCUT2D eigenvalue weighted by Gasteiger charge is 2.20. The summed E-state index contributed by atoms with van der Waals surface area (Å²) in [5, 5.41) is 0. The number of unbranched alkanes of at least 4 members (excludes halogenated alkanes) is 20. The average molecular weight is 730 g/mol. The summed E-state index contributed by atoms with van der Waals surface area (Å²) in [5.41, 5.74) is 0. The van der Waals surface area contributed by atoms with Crippen LogP contribution in [0, 0.1) is 0 Å². The summed E-state index contributed by atoms with van der Waals surface area (Å²) in [7, 11) is 1.35. The Hall–Kier alpha value is -1.02. The number of esters is 1. The molecule has 0 amide bonds. The van der Waals surface area contributed by atoms with Gasteiger partial charge in [0.15, 0.2) is 0 Å². The van der Waals surface area contributed by atoms with Crippen molar-refractivity contribution in [3.63, 3.8) is 0 Å². The SMILES string of the molecule is CCCC/C=C\C/C=C\CCCCCCCCOCC(COP(=O)([O-])OCC[N+](C)(C)C)OC(=O)CCCCCCCCCCCCCCC. The molecule has 2 unspecified atom stereocenters. The third-order valence-electron chi connectivity index (χ3n) is 8.76. The number of carbonyl (C=O) groups is 1. The molecule has 0 rings (SSSR count). The predicted octanol–water partition coefficient (Wildman–Crippen LogP) is 11.0. The van der Waals surface area contributed by atoms with Crippen LogP contribution >= 0.6 is 7.82 Å². The Labute approximate surface area is 309 Å². The van der Waals surface area contributed by atoms with Crippen LogP contribution in [0.4, 0.5) is 0 Å². The van der Waals surface area contributed by atoms with Crippen LogP contribution in [0.1, 0.15) is 174 Å². The number of hydrogen-bond acceptors (Lipinski definition) is 7. The second-order valence-electron chi connectivity index (χ2n) is 15.0. The van der Waals surface area contributed by atoms with Crippen LogP contribution in [-0.2, 0) is 27.9 Å². The van der Waals surface area contributed by atoms with Crippen molar-refractivity contribution in [2.45, 2.75) is 180 Å². The molecule has 0 aliphatic carbocycles. The molecule has 9 heteroatoms. The van der Waals surface area contributed by atoms with Crippen molar-refractivity contribution in [3.05, 3.63) is 24.3 Å². The zero-order valence-electron chi connectivity index (χ0n) is 33.4. The quantitative estimate of drug-likeness (QED) is 0.0205. The molecule has 0 saturated heterocycles. The Morgan fingerprint density at radius 3 is 1.68 bits per heavy atom. The first-order chi connectivity index (χ1) is 24.1. The van der Waals surface area contributed by atoms with Crippen molar-refractivity contribution in [2.24, 2.45) is 0 Å². The molecular weight excluding hydrogens is 649 g/mol. The van der Waals surface area contributed by atoms with E-state index in [1.165, 1.54) is 103 Å². The van der Waals surface area contributed by atoms with Crippen molar-refractivity contribution in [1.29, 1.82) is 0 Å². The highest BCUT2D eigenvalue weighted by molar-refractivity contribution is 7.45. The number of likely N-dealkylation sites (N-methyl/N-ethyl adjacent to an activating group) is 1. The standard InChI is InChI=1S/C41H80NO7P/c1-6-8-10-12-14-16-18-20-21-23-25-27-29-31-33-36-46-38-40(39-48-50(44,45)47-37-35-42(3,4)5)49-41(43)34-32-30-28-26-24-22-19-17-15-13-11-9-7-2/h12,14,18,20,40H,6-11,13,15-17,19,21-39H2,1-5H3/b14-12-,20-18-. The van der Waals surface area contributed by atoms with Gasteiger partial charge >= 0.3 is 5.97 Å². The Morgan fingerprint density at radius 1 is 0.620 bits per heavy atom. The number of carbonyl (C=O) groups excluding carboxylic acids is 1. The van der Waals surface area contributed by atoms with Crippen LogP contribution in [0.25, 0.3) is 0 Å². The fourth-order valence-electron chi connectivity index (χ4n) is 5.50. The monoisotopic (exact) mass is 730 g/mol. The molecule has 0 heterocycles. The van der Waals surface area contributed by atoms with E-state index in [-0.39, 0.29) is 25.8 Å². The van der Waals surface area contributed by atoms with E-state index < -0.39 is 13.9 Å². The maximum Gasteiger partial charge on any atom is 0.306 e. The fraction of sp³-hybridized carbons (Fsp3) is 0.878. The smallest absolute Gasteiger partial charge is 0.306 e. The minimum Gasteiger partial charge on any atom is -0.756 e. The summed E-state index contributed by atoms with van der Waals surface area (Å²) < 4.78 is 34.5. The first-order valence-corrected chi connectivity index (χ1v) is 22.0. The first kappa shape index (κ1) is 49.0. The molecule has 0 aliphatic heterocycles. The highest BCUT2D eigenvalue weighted by atomic mass is 31.2. The summed E-state index contributed by atoms with van der Waals surface area (Å²) in [6.07, 6.45) is 37.5. The van der Waals surface area contributed by atoms with Gasteiger partial charge in [-0.1, -0.05) is 154 Å². The normalized spacial score (nSPS) is 14.1. The Bertz CT molecular complexity index is 858. The van der Waals surface area contributed by atoms with Crippen LogP contribution in [0.2, 0.25) is 0 Å². The number of hydrogen-bond donors (Lipinski definition) is 0. The minimum atomic E-state index is -4.52. The van der Waals surface area contributed by atoms with Crippen molar-refractivity contribution in [3.8, 4) is 0 Å². The zero-order valence-corrected chi connectivity index (χ0v) is 34.2. The number of nitrogens with zero attached hydrogens (tertiary/aromatic N) is 1. The summed E-state index contributed by atoms with van der Waals surface area (Å²) in [6, 6.07) is 0. The molecule has 0 bridgehead atoms. The summed E-state index contributed by atoms with van der Waals surface area (Å²) in [4.78, 5) is 25.0. The molecule has 0 aromatic heterocycles. The summed E-state index contributed by atoms with van der Waals surface area (Å²) in [6.45, 7) is 5.36. The fourth-order valence-corrected chi connectivity index (χ4v) is 6.23. The molecule has 0 aromatic rings. The van der Waals surface area contributed by atoms with Gasteiger partial charge < -0.3 is 27.9 Å². The number of quaternary nitrogens is 1. The number of allylic oxidation sites excluding steroid dienone is 4. The third kappa shape index (κ3) is 38.2. The lowest BCUT2D eigenvalue weighted by Gasteiger charge is -2.28. The topological polar surface area (TPSA) is 94.1 Å². The van der Waals surface area contributed by atoms with Crippen molar-refractivity contribution >= 4 is 13.8 Å². The molecule has 0 radical (unpaired) electrons. The largest absolute Gasteiger partial charge is 0.756 e. The number of phosphoric acid groups is 1. The van der Waals surface area contributed by atoms with E-state index in [0.29, 0.717) is 24.1 Å². The van der Waals surface area contributed by atoms with E-state index in [4.69, 9.17) is 18.5 Å². The van der Waals surface area contributed by atoms with Crippen LogP contribution < -0.4 is 4.89 Å². The lowest BCUT2D eigenvalue weighted by atomic mass is 10.0. The van der Waals surface area contributed by atoms with Gasteiger partial charge in [0.2, 0.25) is 0 Å². The van der Waals surface area contributed by atoms with Gasteiger partial charge in [0.05, 0.1) is 34.4 Å². The molecule has 0 spiro atoms. The first-order valence-electron chi connectivity index (χ1n) is 20.6. The molecular formula is C41H80NO7P. The molecule has 0 saturated carbocycles. The van der Waals surface area contributed by atoms with Gasteiger partial charge in [0.25, 0.3) is 7.82 Å². The average Bonchev–Trinajstić information content (AvgIpc) is 3.06. The lowest BCUT2D eigenvalue weighted by molar-refractivity contribution is -0.870. The van der Waals surface area contributed by atoms with Crippen molar-refractivity contribution in [1.82, 2.24) is 0 Å². The van der Waals surface area contributed by atoms with Crippen molar-refractivity contribution < 1.29 is 37.3 Å². The minimum absolute atomic E-state index is 0.0256. The number of ether oxygens (including phenoxy) is 2. The highest BCUT2D eigenvalue weighted by Crippen LogP contribution is 2.38. The molecule has 8 nitrogen and oxygen atoms in total. The Morgan fingerprint density at radius 2 is 1.12 bits per heavy atom. The zero-order chi connectivity index (χ0) is 37.0. The maximum atomic E-state index is 12.6. The van der Waals surface area contributed by atoms with Gasteiger partial charge in [-0.3, -0.25) is 9.36 Å². The number of rotatable bonds is 38. The van der Waals surface area contributed by atoms with Crippen LogP contribution in [0.15, 0.2) is 24.3 Å². The number of phosphoric ester groups is 1. The molecule has 0 aliphatic rings. The van der Waals surface area contributed by atoms with E-state index >= 15 is 0 Å². The second-order valence-corrected chi connectivity index (χ2v) is 16.4. The molecule has 0 fully saturated rings. The van der Waals surface area contributed by atoms with E-state index in [1.807, 2.05) is 21.1 Å². The summed E-state index contributed by atoms with van der Waals surface area (Å²) in [5.74, 6) is -0.338. The van der Waals surface area contributed by atoms with Gasteiger partial charge in [-0.25, -0.2) is 0 Å². The van der Waals surface area contributed by atoms with Gasteiger partial charge in [-0.2, -0.15) is 0 Å². The van der Waals surface area contributed by atoms with Gasteiger partial charge in [-0.15, -0.1) is 0 Å². The predicted molar refractivity (Wildman–Crippen MR) is 208 cm³/mol. The van der Waals surface area contributed by atoms with Crippen LogP contribution in [0.3, 0.4) is 0 Å². The second kappa shape index (κ2) is 35.0. The van der Waals surface area contributed by atoms with E-state index in [2.05, 4.69) is 38.2 Å². The Balaban J connectivity index is 4.27. The molecule has 2 atom stereocenters.